The van der Waals surface area contributed by atoms with Gasteiger partial charge in [0.2, 0.25) is 0 Å². The van der Waals surface area contributed by atoms with Gasteiger partial charge >= 0.3 is 0 Å². The average Bonchev–Trinajstić information content (AvgIpc) is 3.22. The first-order chi connectivity index (χ1) is 12.3. The van der Waals surface area contributed by atoms with Crippen LogP contribution in [0.2, 0.25) is 0 Å². The first-order valence-corrected chi connectivity index (χ1v) is 10.7. The monoisotopic (exact) mass is 346 g/mol. The lowest BCUT2D eigenvalue weighted by Gasteiger charge is -2.02. The second-order valence-electron chi connectivity index (χ2n) is 7.67. The zero-order chi connectivity index (χ0) is 17.7. The summed E-state index contributed by atoms with van der Waals surface area (Å²) in [6.07, 6.45) is 20.9. The number of rotatable bonds is 13. The van der Waals surface area contributed by atoms with Gasteiger partial charge in [-0.1, -0.05) is 71.1 Å². The van der Waals surface area contributed by atoms with Crippen molar-refractivity contribution in [1.82, 2.24) is 0 Å². The van der Waals surface area contributed by atoms with Gasteiger partial charge in [-0.05, 0) is 31.9 Å². The normalized spacial score (nSPS) is 18.8. The Labute approximate surface area is 155 Å². The summed E-state index contributed by atoms with van der Waals surface area (Å²) in [5, 5.41) is 0. The third kappa shape index (κ3) is 8.65. The predicted molar refractivity (Wildman–Crippen MR) is 107 cm³/mol. The summed E-state index contributed by atoms with van der Waals surface area (Å²) in [7, 11) is 0. The molecule has 0 radical (unpaired) electrons. The van der Waals surface area contributed by atoms with E-state index in [1.807, 2.05) is 0 Å². The Morgan fingerprint density at radius 1 is 0.920 bits per heavy atom. The van der Waals surface area contributed by atoms with E-state index in [1.165, 1.54) is 70.6 Å². The fraction of sp³-hybridized carbons (Fsp3) is 0.739. The molecule has 2 heterocycles. The molecule has 0 bridgehead atoms. The van der Waals surface area contributed by atoms with Crippen LogP contribution in [0, 0.1) is 0 Å². The van der Waals surface area contributed by atoms with Crippen LogP contribution in [-0.4, -0.2) is 6.10 Å². The van der Waals surface area contributed by atoms with Crippen LogP contribution in [0.1, 0.15) is 109 Å². The molecular weight excluding hydrogens is 308 g/mol. The third-order valence-corrected chi connectivity index (χ3v) is 5.16. The molecule has 0 N–H and O–H groups in total. The predicted octanol–water partition coefficient (Wildman–Crippen LogP) is 7.67. The maximum atomic E-state index is 5.92. The van der Waals surface area contributed by atoms with Gasteiger partial charge in [-0.3, -0.25) is 0 Å². The molecule has 1 saturated heterocycles. The van der Waals surface area contributed by atoms with Crippen LogP contribution in [0.25, 0.3) is 6.08 Å². The van der Waals surface area contributed by atoms with Gasteiger partial charge in [0, 0.05) is 18.9 Å². The minimum atomic E-state index is 0.358. The molecule has 1 aromatic rings. The van der Waals surface area contributed by atoms with Crippen LogP contribution in [0.5, 0.6) is 0 Å². The van der Waals surface area contributed by atoms with E-state index in [2.05, 4.69) is 32.1 Å². The topological polar surface area (TPSA) is 22.4 Å². The summed E-state index contributed by atoms with van der Waals surface area (Å²) in [5.74, 6) is 3.14. The van der Waals surface area contributed by atoms with E-state index in [4.69, 9.17) is 9.15 Å². The lowest BCUT2D eigenvalue weighted by atomic mass is 10.1. The quantitative estimate of drug-likeness (QED) is 0.342. The zero-order valence-corrected chi connectivity index (χ0v) is 16.5. The maximum Gasteiger partial charge on any atom is 0.130 e. The summed E-state index contributed by atoms with van der Waals surface area (Å²) in [6, 6.07) is 4.20. The van der Waals surface area contributed by atoms with Gasteiger partial charge in [-0.25, -0.2) is 0 Å². The Morgan fingerprint density at radius 2 is 1.56 bits per heavy atom. The summed E-state index contributed by atoms with van der Waals surface area (Å²) < 4.78 is 11.7. The van der Waals surface area contributed by atoms with Crippen LogP contribution in [-0.2, 0) is 11.2 Å². The second-order valence-corrected chi connectivity index (χ2v) is 7.67. The summed E-state index contributed by atoms with van der Waals surface area (Å²) in [4.78, 5) is 0. The Morgan fingerprint density at radius 3 is 2.16 bits per heavy atom. The van der Waals surface area contributed by atoms with Gasteiger partial charge in [0.25, 0.3) is 0 Å². The Bertz CT molecular complexity index is 486. The lowest BCUT2D eigenvalue weighted by molar-refractivity contribution is 0.180. The van der Waals surface area contributed by atoms with E-state index >= 15 is 0 Å². The molecule has 1 unspecified atom stereocenters. The SMILES string of the molecule is CCCCCCCCCCCCCc1ccc(C=C2CCC(C)O2)o1. The largest absolute Gasteiger partial charge is 0.495 e. The standard InChI is InChI=1S/C23H38O2/c1-3-4-5-6-7-8-9-10-11-12-13-14-21-17-18-23(25-21)19-22-16-15-20(2)24-22/h17-20H,3-16H2,1-2H3. The minimum absolute atomic E-state index is 0.358. The van der Waals surface area contributed by atoms with Crippen LogP contribution in [0.3, 0.4) is 0 Å². The van der Waals surface area contributed by atoms with Gasteiger partial charge < -0.3 is 9.15 Å². The van der Waals surface area contributed by atoms with Gasteiger partial charge in [-0.15, -0.1) is 0 Å². The Kier molecular flexibility index (Phi) is 9.84. The summed E-state index contributed by atoms with van der Waals surface area (Å²) in [5.41, 5.74) is 0. The molecule has 1 aliphatic rings. The highest BCUT2D eigenvalue weighted by atomic mass is 16.5. The number of aryl methyl sites for hydroxylation is 1. The first-order valence-electron chi connectivity index (χ1n) is 10.7. The molecule has 0 saturated carbocycles. The van der Waals surface area contributed by atoms with E-state index in [0.717, 1.165) is 36.5 Å². The molecule has 25 heavy (non-hydrogen) atoms. The number of hydrogen-bond donors (Lipinski definition) is 0. The van der Waals surface area contributed by atoms with Crippen molar-refractivity contribution in [3.8, 4) is 0 Å². The van der Waals surface area contributed by atoms with Gasteiger partial charge in [0.1, 0.15) is 17.3 Å². The minimum Gasteiger partial charge on any atom is -0.495 e. The van der Waals surface area contributed by atoms with Crippen LogP contribution in [0.4, 0.5) is 0 Å². The third-order valence-electron chi connectivity index (χ3n) is 5.16. The van der Waals surface area contributed by atoms with E-state index in [1.54, 1.807) is 0 Å². The molecule has 0 aliphatic carbocycles. The van der Waals surface area contributed by atoms with Crippen LogP contribution in [0.15, 0.2) is 22.3 Å². The number of unbranched alkanes of at least 4 members (excludes halogenated alkanes) is 10. The molecule has 142 valence electrons. The van der Waals surface area contributed by atoms with Crippen molar-refractivity contribution in [2.24, 2.45) is 0 Å². The zero-order valence-electron chi connectivity index (χ0n) is 16.5. The van der Waals surface area contributed by atoms with Crippen molar-refractivity contribution in [2.75, 3.05) is 0 Å². The van der Waals surface area contributed by atoms with Gasteiger partial charge in [0.15, 0.2) is 0 Å². The fourth-order valence-corrected chi connectivity index (χ4v) is 3.56. The van der Waals surface area contributed by atoms with Crippen LogP contribution >= 0.6 is 0 Å². The second kappa shape index (κ2) is 12.2. The molecule has 1 fully saturated rings. The number of allylic oxidation sites excluding steroid dienone is 1. The number of ether oxygens (including phenoxy) is 1. The van der Waals surface area contributed by atoms with Crippen LogP contribution < -0.4 is 0 Å². The maximum absolute atomic E-state index is 5.92. The van der Waals surface area contributed by atoms with E-state index in [0.29, 0.717) is 6.10 Å². The highest BCUT2D eigenvalue weighted by Crippen LogP contribution is 2.25. The number of furan rings is 1. The molecule has 1 atom stereocenters. The smallest absolute Gasteiger partial charge is 0.130 e. The molecule has 0 aromatic carbocycles. The van der Waals surface area contributed by atoms with E-state index in [-0.39, 0.29) is 0 Å². The Hall–Kier alpha value is -1.18. The highest BCUT2D eigenvalue weighted by Gasteiger charge is 2.16. The molecule has 2 rings (SSSR count). The lowest BCUT2D eigenvalue weighted by Crippen LogP contribution is -1.94. The summed E-state index contributed by atoms with van der Waals surface area (Å²) >= 11 is 0. The molecule has 1 aromatic heterocycles. The molecular formula is C23H38O2. The first kappa shape index (κ1) is 20.1. The molecule has 0 spiro atoms. The van der Waals surface area contributed by atoms with Crippen molar-refractivity contribution in [2.45, 2.75) is 110 Å². The van der Waals surface area contributed by atoms with E-state index in [9.17, 15) is 0 Å². The molecule has 0 amide bonds. The highest BCUT2D eigenvalue weighted by molar-refractivity contribution is 5.46. The fourth-order valence-electron chi connectivity index (χ4n) is 3.56. The van der Waals surface area contributed by atoms with Gasteiger partial charge in [-0.2, -0.15) is 0 Å². The number of hydrogen-bond acceptors (Lipinski definition) is 2. The van der Waals surface area contributed by atoms with Crippen molar-refractivity contribution in [1.29, 1.82) is 0 Å². The van der Waals surface area contributed by atoms with Crippen molar-refractivity contribution >= 4 is 6.08 Å². The van der Waals surface area contributed by atoms with E-state index < -0.39 is 0 Å². The molecule has 1 aliphatic heterocycles. The molecule has 2 heteroatoms. The van der Waals surface area contributed by atoms with Crippen molar-refractivity contribution in [3.63, 3.8) is 0 Å². The van der Waals surface area contributed by atoms with Gasteiger partial charge in [0.05, 0.1) is 6.10 Å². The average molecular weight is 347 g/mol. The molecule has 2 nitrogen and oxygen atoms in total. The Balaban J connectivity index is 1.47. The van der Waals surface area contributed by atoms with Crippen molar-refractivity contribution < 1.29 is 9.15 Å². The summed E-state index contributed by atoms with van der Waals surface area (Å²) in [6.45, 7) is 4.41. The van der Waals surface area contributed by atoms with Crippen molar-refractivity contribution in [3.05, 3.63) is 29.4 Å².